The van der Waals surface area contributed by atoms with Crippen LogP contribution >= 0.6 is 0 Å². The summed E-state index contributed by atoms with van der Waals surface area (Å²) in [5.41, 5.74) is 2.17. The Kier molecular flexibility index (Phi) is 4.63. The van der Waals surface area contributed by atoms with Crippen LogP contribution in [0, 0.1) is 17.0 Å². The average molecular weight is 400 g/mol. The topological polar surface area (TPSA) is 101 Å². The summed E-state index contributed by atoms with van der Waals surface area (Å²) in [7, 11) is 0. The van der Waals surface area contributed by atoms with Crippen molar-refractivity contribution in [1.29, 1.82) is 0 Å². The number of carbonyl (C=O) groups is 2. The zero-order chi connectivity index (χ0) is 21.4. The van der Waals surface area contributed by atoms with Crippen LogP contribution in [0.3, 0.4) is 0 Å². The molecule has 1 N–H and O–H groups in total. The average Bonchev–Trinajstić information content (AvgIpc) is 2.73. The molecule has 30 heavy (non-hydrogen) atoms. The van der Waals surface area contributed by atoms with Crippen molar-refractivity contribution in [2.45, 2.75) is 6.92 Å². The van der Waals surface area contributed by atoms with E-state index in [0.29, 0.717) is 22.4 Å². The summed E-state index contributed by atoms with van der Waals surface area (Å²) in [5.74, 6) is -1.42. The van der Waals surface area contributed by atoms with Gasteiger partial charge in [-0.05, 0) is 47.9 Å². The third-order valence-electron chi connectivity index (χ3n) is 4.95. The minimum absolute atomic E-state index is 0.230. The number of nitrogens with zero attached hydrogens (tertiary/aromatic N) is 2. The lowest BCUT2D eigenvalue weighted by molar-refractivity contribution is -0.385. The molecule has 0 aliphatic carbocycles. The van der Waals surface area contributed by atoms with E-state index in [1.165, 1.54) is 24.3 Å². The van der Waals surface area contributed by atoms with Crippen LogP contribution in [0.1, 0.15) is 27.0 Å². The van der Waals surface area contributed by atoms with Crippen LogP contribution in [0.25, 0.3) is 11.6 Å². The molecular formula is C23H16N2O5. The number of imide groups is 1. The van der Waals surface area contributed by atoms with Gasteiger partial charge in [-0.1, -0.05) is 42.5 Å². The van der Waals surface area contributed by atoms with E-state index in [2.05, 4.69) is 0 Å². The van der Waals surface area contributed by atoms with Gasteiger partial charge in [0, 0.05) is 17.2 Å². The van der Waals surface area contributed by atoms with Crippen LogP contribution in [0.4, 0.5) is 11.4 Å². The van der Waals surface area contributed by atoms with Gasteiger partial charge in [-0.15, -0.1) is 0 Å². The molecule has 7 heteroatoms. The normalized spacial score (nSPS) is 14.7. The number of rotatable bonds is 3. The van der Waals surface area contributed by atoms with E-state index < -0.39 is 28.2 Å². The van der Waals surface area contributed by atoms with Crippen LogP contribution in [0.5, 0.6) is 5.75 Å². The highest BCUT2D eigenvalue weighted by Crippen LogP contribution is 2.35. The summed E-state index contributed by atoms with van der Waals surface area (Å²) in [6.07, 6.45) is 1.49. The summed E-state index contributed by atoms with van der Waals surface area (Å²) >= 11 is 0. The summed E-state index contributed by atoms with van der Waals surface area (Å²) < 4.78 is 0. The molecule has 0 aromatic heterocycles. The first-order chi connectivity index (χ1) is 14.4. The second-order valence-electron chi connectivity index (χ2n) is 6.84. The molecule has 148 valence electrons. The molecule has 7 nitrogen and oxygen atoms in total. The molecular weight excluding hydrogens is 384 g/mol. The van der Waals surface area contributed by atoms with E-state index in [9.17, 15) is 24.8 Å². The first kappa shape index (κ1) is 19.1. The van der Waals surface area contributed by atoms with Crippen molar-refractivity contribution in [1.82, 2.24) is 0 Å². The third kappa shape index (κ3) is 3.12. The predicted molar refractivity (Wildman–Crippen MR) is 112 cm³/mol. The fourth-order valence-corrected chi connectivity index (χ4v) is 3.47. The Morgan fingerprint density at radius 2 is 1.60 bits per heavy atom. The Morgan fingerprint density at radius 3 is 2.30 bits per heavy atom. The molecule has 0 radical (unpaired) electrons. The maximum atomic E-state index is 13.4. The zero-order valence-electron chi connectivity index (χ0n) is 15.9. The maximum absolute atomic E-state index is 13.4. The fourth-order valence-electron chi connectivity index (χ4n) is 3.47. The molecule has 0 spiro atoms. The lowest BCUT2D eigenvalue weighted by Gasteiger charge is -2.29. The Bertz CT molecular complexity index is 1250. The number of fused-ring (bicyclic) bond motifs is 1. The number of hydrogen-bond acceptors (Lipinski definition) is 5. The molecule has 0 atom stereocenters. The van der Waals surface area contributed by atoms with Crippen molar-refractivity contribution in [3.63, 3.8) is 0 Å². The van der Waals surface area contributed by atoms with Crippen molar-refractivity contribution in [3.05, 3.63) is 99.1 Å². The number of aromatic hydroxyl groups is 1. The molecule has 3 aromatic rings. The molecule has 4 rings (SSSR count). The highest BCUT2D eigenvalue weighted by molar-refractivity contribution is 6.43. The van der Waals surface area contributed by atoms with Gasteiger partial charge in [0.25, 0.3) is 11.8 Å². The number of phenols is 1. The van der Waals surface area contributed by atoms with Gasteiger partial charge in [0.1, 0.15) is 0 Å². The number of nitro benzene ring substituents is 1. The van der Waals surface area contributed by atoms with E-state index in [4.69, 9.17) is 0 Å². The summed E-state index contributed by atoms with van der Waals surface area (Å²) in [4.78, 5) is 38.1. The number of para-hydroxylation sites is 1. The summed E-state index contributed by atoms with van der Waals surface area (Å²) in [6.45, 7) is 1.81. The highest BCUT2D eigenvalue weighted by Gasteiger charge is 2.36. The second-order valence-corrected chi connectivity index (χ2v) is 6.84. The lowest BCUT2D eigenvalue weighted by atomic mass is 9.91. The van der Waals surface area contributed by atoms with Gasteiger partial charge in [-0.25, -0.2) is 4.90 Å². The molecule has 0 bridgehead atoms. The van der Waals surface area contributed by atoms with Gasteiger partial charge in [0.2, 0.25) is 0 Å². The van der Waals surface area contributed by atoms with Crippen molar-refractivity contribution >= 4 is 34.8 Å². The van der Waals surface area contributed by atoms with Crippen LogP contribution in [0.15, 0.2) is 66.7 Å². The van der Waals surface area contributed by atoms with E-state index in [0.717, 1.165) is 10.5 Å². The van der Waals surface area contributed by atoms with E-state index in [-0.39, 0.29) is 5.57 Å². The number of benzene rings is 3. The quantitative estimate of drug-likeness (QED) is 0.305. The van der Waals surface area contributed by atoms with Crippen LogP contribution in [0.2, 0.25) is 0 Å². The van der Waals surface area contributed by atoms with Crippen LogP contribution < -0.4 is 4.90 Å². The number of amides is 2. The summed E-state index contributed by atoms with van der Waals surface area (Å²) in [5, 5.41) is 20.8. The molecule has 0 saturated carbocycles. The molecule has 3 aromatic carbocycles. The standard InChI is InChI=1S/C23H16N2O5/c1-14-6-2-5-9-19(14)24-22(27)17-8-4-3-7-16(17)18(23(24)28)12-15-10-11-21(26)20(13-15)25(29)30/h2-13,26H,1H3/b18-12+. The number of nitro groups is 1. The van der Waals surface area contributed by atoms with Crippen molar-refractivity contribution in [2.24, 2.45) is 0 Å². The van der Waals surface area contributed by atoms with Gasteiger partial charge in [-0.2, -0.15) is 0 Å². The predicted octanol–water partition coefficient (Wildman–Crippen LogP) is 4.34. The van der Waals surface area contributed by atoms with Crippen molar-refractivity contribution < 1.29 is 19.6 Å². The molecule has 0 unspecified atom stereocenters. The van der Waals surface area contributed by atoms with E-state index in [1.807, 2.05) is 19.1 Å². The molecule has 0 saturated heterocycles. The molecule has 2 amide bonds. The zero-order valence-corrected chi connectivity index (χ0v) is 15.9. The Hall–Kier alpha value is -4.26. The fraction of sp³-hybridized carbons (Fsp3) is 0.0435. The Morgan fingerprint density at radius 1 is 0.933 bits per heavy atom. The molecule has 1 aliphatic heterocycles. The van der Waals surface area contributed by atoms with Gasteiger partial charge in [-0.3, -0.25) is 19.7 Å². The second kappa shape index (κ2) is 7.29. The van der Waals surface area contributed by atoms with E-state index in [1.54, 1.807) is 36.4 Å². The van der Waals surface area contributed by atoms with Gasteiger partial charge >= 0.3 is 5.69 Å². The Balaban J connectivity index is 1.92. The first-order valence-corrected chi connectivity index (χ1v) is 9.11. The minimum atomic E-state index is -0.697. The number of aryl methyl sites for hydroxylation is 1. The lowest BCUT2D eigenvalue weighted by Crippen LogP contribution is -2.42. The van der Waals surface area contributed by atoms with Gasteiger partial charge in [0.05, 0.1) is 10.6 Å². The molecule has 0 fully saturated rings. The molecule has 1 aliphatic rings. The van der Waals surface area contributed by atoms with Crippen molar-refractivity contribution in [3.8, 4) is 5.75 Å². The number of carbonyl (C=O) groups excluding carboxylic acids is 2. The monoisotopic (exact) mass is 400 g/mol. The van der Waals surface area contributed by atoms with Crippen LogP contribution in [-0.2, 0) is 4.79 Å². The maximum Gasteiger partial charge on any atom is 0.311 e. The molecule has 1 heterocycles. The number of hydrogen-bond donors (Lipinski definition) is 1. The smallest absolute Gasteiger partial charge is 0.311 e. The largest absolute Gasteiger partial charge is 0.502 e. The van der Waals surface area contributed by atoms with Crippen LogP contribution in [-0.4, -0.2) is 21.8 Å². The Labute approximate surface area is 171 Å². The van der Waals surface area contributed by atoms with Crippen molar-refractivity contribution in [2.75, 3.05) is 4.90 Å². The summed E-state index contributed by atoms with van der Waals surface area (Å²) in [6, 6.07) is 17.7. The minimum Gasteiger partial charge on any atom is -0.502 e. The van der Waals surface area contributed by atoms with Gasteiger partial charge in [0.15, 0.2) is 5.75 Å². The SMILES string of the molecule is Cc1ccccc1N1C(=O)/C(=C/c2ccc(O)c([N+](=O)[O-])c2)c2ccccc2C1=O. The first-order valence-electron chi connectivity index (χ1n) is 9.11. The number of anilines is 1. The van der Waals surface area contributed by atoms with Gasteiger partial charge < -0.3 is 5.11 Å². The third-order valence-corrected chi connectivity index (χ3v) is 4.95. The number of phenolic OH excluding ortho intramolecular Hbond substituents is 1. The highest BCUT2D eigenvalue weighted by atomic mass is 16.6. The van der Waals surface area contributed by atoms with E-state index >= 15 is 0 Å².